The molecule has 0 aliphatic heterocycles. The lowest BCUT2D eigenvalue weighted by atomic mass is 9.83. The summed E-state index contributed by atoms with van der Waals surface area (Å²) in [6.45, 7) is 4.55. The first-order chi connectivity index (χ1) is 7.16. The lowest BCUT2D eigenvalue weighted by molar-refractivity contribution is 0.644. The van der Waals surface area contributed by atoms with Crippen molar-refractivity contribution in [2.24, 2.45) is 5.73 Å². The molecule has 1 aromatic rings. The highest BCUT2D eigenvalue weighted by atomic mass is 14.5. The predicted octanol–water partition coefficient (Wildman–Crippen LogP) is 2.92. The Kier molecular flexibility index (Phi) is 2.39. The van der Waals surface area contributed by atoms with Crippen LogP contribution in [-0.2, 0) is 11.8 Å². The molecular formula is C14H17N. The van der Waals surface area contributed by atoms with E-state index in [1.54, 1.807) is 6.20 Å². The van der Waals surface area contributed by atoms with Crippen LogP contribution < -0.4 is 5.73 Å². The monoisotopic (exact) mass is 199 g/mol. The third-order valence-electron chi connectivity index (χ3n) is 3.28. The summed E-state index contributed by atoms with van der Waals surface area (Å²) in [5.74, 6) is 0. The highest BCUT2D eigenvalue weighted by Gasteiger charge is 2.33. The van der Waals surface area contributed by atoms with Gasteiger partial charge in [0, 0.05) is 5.41 Å². The summed E-state index contributed by atoms with van der Waals surface area (Å²) in [4.78, 5) is 0. The minimum Gasteiger partial charge on any atom is -0.405 e. The summed E-state index contributed by atoms with van der Waals surface area (Å²) in [5.41, 5.74) is 9.85. The summed E-state index contributed by atoms with van der Waals surface area (Å²) < 4.78 is 0. The van der Waals surface area contributed by atoms with Gasteiger partial charge in [-0.25, -0.2) is 0 Å². The molecule has 1 aliphatic carbocycles. The van der Waals surface area contributed by atoms with Crippen LogP contribution >= 0.6 is 0 Å². The number of rotatable bonds is 1. The van der Waals surface area contributed by atoms with E-state index in [-0.39, 0.29) is 5.41 Å². The Labute approximate surface area is 91.3 Å². The molecule has 0 atom stereocenters. The quantitative estimate of drug-likeness (QED) is 0.739. The maximum atomic E-state index is 5.38. The van der Waals surface area contributed by atoms with E-state index < -0.39 is 0 Å². The fourth-order valence-corrected chi connectivity index (χ4v) is 2.32. The lowest BCUT2D eigenvalue weighted by Crippen LogP contribution is -2.15. The SMILES string of the molecule is CC1(C)/C(=C/C=C\N)Cc2ccccc21. The van der Waals surface area contributed by atoms with Crippen molar-refractivity contribution in [3.8, 4) is 0 Å². The molecule has 1 aliphatic rings. The minimum atomic E-state index is 0.149. The van der Waals surface area contributed by atoms with Gasteiger partial charge in [0.25, 0.3) is 0 Å². The topological polar surface area (TPSA) is 26.0 Å². The number of allylic oxidation sites excluding steroid dienone is 3. The minimum absolute atomic E-state index is 0.149. The van der Waals surface area contributed by atoms with Crippen LogP contribution in [0.5, 0.6) is 0 Å². The molecule has 1 nitrogen and oxygen atoms in total. The van der Waals surface area contributed by atoms with Gasteiger partial charge in [-0.15, -0.1) is 0 Å². The Hall–Kier alpha value is -1.50. The third-order valence-corrected chi connectivity index (χ3v) is 3.28. The van der Waals surface area contributed by atoms with Crippen molar-refractivity contribution >= 4 is 0 Å². The Morgan fingerprint density at radius 1 is 1.27 bits per heavy atom. The van der Waals surface area contributed by atoms with Crippen molar-refractivity contribution in [3.63, 3.8) is 0 Å². The van der Waals surface area contributed by atoms with E-state index in [9.17, 15) is 0 Å². The van der Waals surface area contributed by atoms with E-state index in [4.69, 9.17) is 5.73 Å². The average molecular weight is 199 g/mol. The van der Waals surface area contributed by atoms with Crippen molar-refractivity contribution in [1.82, 2.24) is 0 Å². The summed E-state index contributed by atoms with van der Waals surface area (Å²) in [5, 5.41) is 0. The highest BCUT2D eigenvalue weighted by molar-refractivity contribution is 5.50. The number of benzene rings is 1. The smallest absolute Gasteiger partial charge is 0.0114 e. The van der Waals surface area contributed by atoms with Crippen molar-refractivity contribution in [2.75, 3.05) is 0 Å². The first kappa shape index (κ1) is 10.0. The molecule has 1 heteroatoms. The summed E-state index contributed by atoms with van der Waals surface area (Å²) in [7, 11) is 0. The van der Waals surface area contributed by atoms with E-state index in [1.807, 2.05) is 6.08 Å². The molecule has 15 heavy (non-hydrogen) atoms. The zero-order valence-electron chi connectivity index (χ0n) is 9.33. The molecule has 0 bridgehead atoms. The second-order valence-electron chi connectivity index (χ2n) is 4.54. The van der Waals surface area contributed by atoms with Crippen molar-refractivity contribution < 1.29 is 0 Å². The van der Waals surface area contributed by atoms with Crippen LogP contribution in [0.1, 0.15) is 25.0 Å². The van der Waals surface area contributed by atoms with Gasteiger partial charge in [-0.1, -0.05) is 49.8 Å². The summed E-state index contributed by atoms with van der Waals surface area (Å²) in [6.07, 6.45) is 6.70. The third kappa shape index (κ3) is 1.58. The molecule has 0 saturated carbocycles. The Balaban J connectivity index is 2.47. The lowest BCUT2D eigenvalue weighted by Gasteiger charge is -2.21. The molecular weight excluding hydrogens is 182 g/mol. The molecule has 2 rings (SSSR count). The molecule has 0 amide bonds. The van der Waals surface area contributed by atoms with Gasteiger partial charge in [0.1, 0.15) is 0 Å². The molecule has 0 fully saturated rings. The molecule has 2 N–H and O–H groups in total. The average Bonchev–Trinajstić information content (AvgIpc) is 2.48. The van der Waals surface area contributed by atoms with Gasteiger partial charge in [0.15, 0.2) is 0 Å². The molecule has 0 unspecified atom stereocenters. The van der Waals surface area contributed by atoms with Gasteiger partial charge >= 0.3 is 0 Å². The Morgan fingerprint density at radius 3 is 2.67 bits per heavy atom. The fraction of sp³-hybridized carbons (Fsp3) is 0.286. The Bertz CT molecular complexity index is 425. The standard InChI is InChI=1S/C14H17N/c1-14(2)12(7-5-9-15)10-11-6-3-4-8-13(11)14/h3-9H,10,15H2,1-2H3/b9-5-,12-7+. The van der Waals surface area contributed by atoms with Crippen LogP contribution in [0.2, 0.25) is 0 Å². The highest BCUT2D eigenvalue weighted by Crippen LogP contribution is 2.42. The predicted molar refractivity (Wildman–Crippen MR) is 64.6 cm³/mol. The molecule has 0 radical (unpaired) electrons. The van der Waals surface area contributed by atoms with E-state index in [0.29, 0.717) is 0 Å². The molecule has 0 aromatic heterocycles. The van der Waals surface area contributed by atoms with Crippen LogP contribution in [0.4, 0.5) is 0 Å². The number of nitrogens with two attached hydrogens (primary N) is 1. The summed E-state index contributed by atoms with van der Waals surface area (Å²) in [6, 6.07) is 8.66. The molecule has 0 spiro atoms. The van der Waals surface area contributed by atoms with Crippen LogP contribution in [0, 0.1) is 0 Å². The van der Waals surface area contributed by atoms with Gasteiger partial charge in [0.2, 0.25) is 0 Å². The van der Waals surface area contributed by atoms with E-state index in [2.05, 4.69) is 44.2 Å². The zero-order chi connectivity index (χ0) is 10.9. The fourth-order valence-electron chi connectivity index (χ4n) is 2.32. The van der Waals surface area contributed by atoms with E-state index >= 15 is 0 Å². The van der Waals surface area contributed by atoms with Crippen LogP contribution in [0.3, 0.4) is 0 Å². The van der Waals surface area contributed by atoms with E-state index in [1.165, 1.54) is 16.7 Å². The summed E-state index contributed by atoms with van der Waals surface area (Å²) >= 11 is 0. The molecule has 0 saturated heterocycles. The molecule has 78 valence electrons. The normalized spacial score (nSPS) is 21.1. The second kappa shape index (κ2) is 3.58. The number of hydrogen-bond acceptors (Lipinski definition) is 1. The van der Waals surface area contributed by atoms with Gasteiger partial charge < -0.3 is 5.73 Å². The Morgan fingerprint density at radius 2 is 2.00 bits per heavy atom. The van der Waals surface area contributed by atoms with Gasteiger partial charge in [-0.2, -0.15) is 0 Å². The van der Waals surface area contributed by atoms with Gasteiger partial charge in [-0.05, 0) is 29.8 Å². The number of fused-ring (bicyclic) bond motifs is 1. The maximum Gasteiger partial charge on any atom is 0.0114 e. The van der Waals surface area contributed by atoms with E-state index in [0.717, 1.165) is 6.42 Å². The largest absolute Gasteiger partial charge is 0.405 e. The first-order valence-electron chi connectivity index (χ1n) is 5.32. The van der Waals surface area contributed by atoms with Crippen molar-refractivity contribution in [3.05, 3.63) is 59.3 Å². The van der Waals surface area contributed by atoms with Crippen LogP contribution in [0.25, 0.3) is 0 Å². The number of hydrogen-bond donors (Lipinski definition) is 1. The van der Waals surface area contributed by atoms with Crippen LogP contribution in [-0.4, -0.2) is 0 Å². The first-order valence-corrected chi connectivity index (χ1v) is 5.32. The van der Waals surface area contributed by atoms with Gasteiger partial charge in [-0.3, -0.25) is 0 Å². The zero-order valence-corrected chi connectivity index (χ0v) is 9.33. The molecule has 0 heterocycles. The van der Waals surface area contributed by atoms with Crippen molar-refractivity contribution in [1.29, 1.82) is 0 Å². The maximum absolute atomic E-state index is 5.38. The van der Waals surface area contributed by atoms with Crippen molar-refractivity contribution in [2.45, 2.75) is 25.7 Å². The second-order valence-corrected chi connectivity index (χ2v) is 4.54. The van der Waals surface area contributed by atoms with Crippen LogP contribution in [0.15, 0.2) is 48.2 Å². The molecule has 1 aromatic carbocycles. The van der Waals surface area contributed by atoms with Gasteiger partial charge in [0.05, 0.1) is 0 Å².